The van der Waals surface area contributed by atoms with Gasteiger partial charge in [0.1, 0.15) is 11.9 Å². The Balaban J connectivity index is 1.68. The first kappa shape index (κ1) is 18.9. The lowest BCUT2D eigenvalue weighted by molar-refractivity contribution is 0.0613. The topological polar surface area (TPSA) is 53.6 Å². The van der Waals surface area contributed by atoms with Crippen LogP contribution in [0.3, 0.4) is 0 Å². The van der Waals surface area contributed by atoms with Gasteiger partial charge in [-0.1, -0.05) is 42.4 Å². The molecule has 1 unspecified atom stereocenters. The number of anilines is 1. The maximum absolute atomic E-state index is 13.3. The summed E-state index contributed by atoms with van der Waals surface area (Å²) in [5.41, 5.74) is 6.83. The number of methoxy groups -OCH3 is 1. The molecule has 1 aliphatic heterocycles. The van der Waals surface area contributed by atoms with Crippen LogP contribution in [0, 0.1) is 0 Å². The van der Waals surface area contributed by atoms with Crippen molar-refractivity contribution in [2.75, 3.05) is 12.4 Å². The zero-order valence-corrected chi connectivity index (χ0v) is 16.6. The quantitative estimate of drug-likeness (QED) is 0.620. The van der Waals surface area contributed by atoms with Gasteiger partial charge in [-0.15, -0.1) is 0 Å². The molecule has 3 aromatic carbocycles. The van der Waals surface area contributed by atoms with Crippen LogP contribution in [-0.4, -0.2) is 18.0 Å². The number of halogens is 1. The van der Waals surface area contributed by atoms with E-state index in [1.165, 1.54) is 0 Å². The molecular weight excluding hydrogens is 386 g/mol. The number of nitrogens with one attached hydrogen (secondary N) is 2. The molecule has 0 aromatic heterocycles. The van der Waals surface area contributed by atoms with E-state index in [0.29, 0.717) is 16.3 Å². The monoisotopic (exact) mass is 405 g/mol. The fraction of sp³-hybridized carbons (Fsp3) is 0.0870. The smallest absolute Gasteiger partial charge is 0.276 e. The Kier molecular flexibility index (Phi) is 5.14. The second kappa shape index (κ2) is 7.89. The average Bonchev–Trinajstić information content (AvgIpc) is 2.75. The molecule has 0 spiro atoms. The van der Waals surface area contributed by atoms with E-state index >= 15 is 0 Å². The number of carbonyl (C=O) groups is 1. The Morgan fingerprint density at radius 2 is 1.86 bits per heavy atom. The van der Waals surface area contributed by atoms with E-state index in [9.17, 15) is 4.79 Å². The van der Waals surface area contributed by atoms with Crippen LogP contribution in [0.1, 0.15) is 27.7 Å². The molecular formula is C23H20ClN3O2. The third-order valence-electron chi connectivity index (χ3n) is 4.78. The third-order valence-corrected chi connectivity index (χ3v) is 5.02. The van der Waals surface area contributed by atoms with E-state index in [1.807, 2.05) is 60.7 Å². The largest absolute Gasteiger partial charge is 0.497 e. The second-order valence-corrected chi connectivity index (χ2v) is 7.08. The highest BCUT2D eigenvalue weighted by molar-refractivity contribution is 6.30. The summed E-state index contributed by atoms with van der Waals surface area (Å²) in [7, 11) is 1.62. The van der Waals surface area contributed by atoms with Crippen molar-refractivity contribution in [1.82, 2.24) is 10.4 Å². The number of carbonyl (C=O) groups excluding carboxylic acids is 1. The van der Waals surface area contributed by atoms with E-state index < -0.39 is 6.17 Å². The van der Waals surface area contributed by atoms with Gasteiger partial charge in [-0.2, -0.15) is 0 Å². The lowest BCUT2D eigenvalue weighted by atomic mass is 10.0. The lowest BCUT2D eigenvalue weighted by Gasteiger charge is -2.38. The molecule has 0 bridgehead atoms. The van der Waals surface area contributed by atoms with Crippen LogP contribution in [-0.2, 0) is 0 Å². The Bertz CT molecular complexity index is 1070. The first-order valence-electron chi connectivity index (χ1n) is 9.11. The van der Waals surface area contributed by atoms with Gasteiger partial charge in [-0.05, 0) is 59.7 Å². The van der Waals surface area contributed by atoms with Crippen molar-refractivity contribution in [3.63, 3.8) is 0 Å². The Labute approximate surface area is 174 Å². The Hall–Kier alpha value is -3.44. The molecule has 4 rings (SSSR count). The number of para-hydroxylation sites is 1. The van der Waals surface area contributed by atoms with E-state index in [-0.39, 0.29) is 5.91 Å². The zero-order chi connectivity index (χ0) is 20.4. The van der Waals surface area contributed by atoms with Crippen molar-refractivity contribution >= 4 is 28.9 Å². The summed E-state index contributed by atoms with van der Waals surface area (Å²) in [6.07, 6.45) is -0.453. The van der Waals surface area contributed by atoms with Crippen LogP contribution in [0.2, 0.25) is 5.02 Å². The molecule has 5 nitrogen and oxygen atoms in total. The van der Waals surface area contributed by atoms with Gasteiger partial charge in [0.05, 0.1) is 18.4 Å². The molecule has 0 aliphatic carbocycles. The van der Waals surface area contributed by atoms with Gasteiger partial charge >= 0.3 is 0 Å². The second-order valence-electron chi connectivity index (χ2n) is 6.64. The minimum atomic E-state index is -0.453. The first-order valence-corrected chi connectivity index (χ1v) is 9.49. The predicted octanol–water partition coefficient (Wildman–Crippen LogP) is 5.09. The maximum Gasteiger partial charge on any atom is 0.276 e. The third kappa shape index (κ3) is 3.77. The number of benzene rings is 3. The van der Waals surface area contributed by atoms with Crippen molar-refractivity contribution in [2.45, 2.75) is 6.17 Å². The summed E-state index contributed by atoms with van der Waals surface area (Å²) in [5, 5.41) is 5.56. The van der Waals surface area contributed by atoms with Gasteiger partial charge in [-0.25, -0.2) is 5.01 Å². The van der Waals surface area contributed by atoms with Gasteiger partial charge in [0.15, 0.2) is 0 Å². The highest BCUT2D eigenvalue weighted by Crippen LogP contribution is 2.33. The molecule has 0 fully saturated rings. The van der Waals surface area contributed by atoms with E-state index in [2.05, 4.69) is 17.3 Å². The molecule has 29 heavy (non-hydrogen) atoms. The molecule has 1 heterocycles. The number of rotatable bonds is 5. The van der Waals surface area contributed by atoms with Crippen LogP contribution in [0.25, 0.3) is 5.70 Å². The molecule has 2 N–H and O–H groups in total. The fourth-order valence-electron chi connectivity index (χ4n) is 3.28. The number of amides is 1. The average molecular weight is 406 g/mol. The number of hydrogen-bond acceptors (Lipinski definition) is 4. The van der Waals surface area contributed by atoms with E-state index in [4.69, 9.17) is 16.3 Å². The van der Waals surface area contributed by atoms with Crippen LogP contribution >= 0.6 is 11.6 Å². The Morgan fingerprint density at radius 3 is 2.59 bits per heavy atom. The lowest BCUT2D eigenvalue weighted by Crippen LogP contribution is -2.49. The predicted molar refractivity (Wildman–Crippen MR) is 116 cm³/mol. The molecule has 1 aliphatic rings. The number of fused-ring (bicyclic) bond motifs is 1. The van der Waals surface area contributed by atoms with Crippen molar-refractivity contribution in [2.24, 2.45) is 0 Å². The highest BCUT2D eigenvalue weighted by atomic mass is 35.5. The van der Waals surface area contributed by atoms with Crippen molar-refractivity contribution in [1.29, 1.82) is 0 Å². The summed E-state index contributed by atoms with van der Waals surface area (Å²) >= 11 is 6.20. The van der Waals surface area contributed by atoms with Gasteiger partial charge in [-0.3, -0.25) is 10.2 Å². The fourth-order valence-corrected chi connectivity index (χ4v) is 3.48. The number of ether oxygens (including phenoxy) is 1. The van der Waals surface area contributed by atoms with E-state index in [0.717, 1.165) is 22.6 Å². The molecule has 146 valence electrons. The molecule has 0 saturated heterocycles. The van der Waals surface area contributed by atoms with Crippen LogP contribution in [0.15, 0.2) is 79.4 Å². The van der Waals surface area contributed by atoms with Gasteiger partial charge in [0.2, 0.25) is 0 Å². The SMILES string of the molecule is C=C(NN1C(=O)c2ccccc2NC1c1cccc(Cl)c1)c1ccc(OC)cc1. The minimum Gasteiger partial charge on any atom is -0.497 e. The van der Waals surface area contributed by atoms with Crippen molar-refractivity contribution in [3.05, 3.63) is 101 Å². The van der Waals surface area contributed by atoms with Crippen LogP contribution in [0.4, 0.5) is 5.69 Å². The summed E-state index contributed by atoms with van der Waals surface area (Å²) in [6.45, 7) is 4.11. The van der Waals surface area contributed by atoms with Crippen molar-refractivity contribution in [3.8, 4) is 5.75 Å². The molecule has 6 heteroatoms. The molecule has 0 radical (unpaired) electrons. The number of hydrazine groups is 1. The molecule has 1 atom stereocenters. The van der Waals surface area contributed by atoms with Crippen molar-refractivity contribution < 1.29 is 9.53 Å². The first-order chi connectivity index (χ1) is 14.1. The number of nitrogens with zero attached hydrogens (tertiary/aromatic N) is 1. The molecule has 0 saturated carbocycles. The van der Waals surface area contributed by atoms with Gasteiger partial charge < -0.3 is 10.1 Å². The summed E-state index contributed by atoms with van der Waals surface area (Å²) in [6, 6.07) is 22.3. The molecule has 3 aromatic rings. The zero-order valence-electron chi connectivity index (χ0n) is 15.9. The Morgan fingerprint density at radius 1 is 1.10 bits per heavy atom. The van der Waals surface area contributed by atoms with Crippen LogP contribution < -0.4 is 15.5 Å². The van der Waals surface area contributed by atoms with Crippen LogP contribution in [0.5, 0.6) is 5.75 Å². The highest BCUT2D eigenvalue weighted by Gasteiger charge is 2.33. The number of hydrogen-bond donors (Lipinski definition) is 2. The van der Waals surface area contributed by atoms with Gasteiger partial charge in [0, 0.05) is 10.7 Å². The minimum absolute atomic E-state index is 0.154. The summed E-state index contributed by atoms with van der Waals surface area (Å²) in [4.78, 5) is 13.3. The summed E-state index contributed by atoms with van der Waals surface area (Å²) < 4.78 is 5.20. The van der Waals surface area contributed by atoms with Gasteiger partial charge in [0.25, 0.3) is 5.91 Å². The summed E-state index contributed by atoms with van der Waals surface area (Å²) in [5.74, 6) is 0.599. The maximum atomic E-state index is 13.3. The normalized spacial score (nSPS) is 15.3. The standard InChI is InChI=1S/C23H20ClN3O2/c1-15(16-10-12-19(29-2)13-11-16)26-27-22(17-6-5-7-18(24)14-17)25-21-9-4-3-8-20(21)23(27)28/h3-14,22,25-26H,1H2,2H3. The van der Waals surface area contributed by atoms with E-state index in [1.54, 1.807) is 24.3 Å². The molecule has 1 amide bonds.